The number of carbonyl (C=O) groups is 2. The van der Waals surface area contributed by atoms with Gasteiger partial charge in [-0.3, -0.25) is 9.59 Å². The summed E-state index contributed by atoms with van der Waals surface area (Å²) in [5, 5.41) is 6.09. The standard InChI is InChI=1S/C14H11ClFN3O3/c15-10-3-1-4-11(16)9(10)7-18-19-13(20)8-17-14(21)12-5-2-6-22-12/h1-7H,8H2,(H,17,21)(H,19,20)/b18-7-. The molecule has 114 valence electrons. The van der Waals surface area contributed by atoms with Crippen LogP contribution in [0.25, 0.3) is 0 Å². The van der Waals surface area contributed by atoms with Gasteiger partial charge in [-0.1, -0.05) is 17.7 Å². The molecule has 0 spiro atoms. The Hall–Kier alpha value is -2.67. The molecule has 1 aromatic heterocycles. The van der Waals surface area contributed by atoms with Crippen LogP contribution >= 0.6 is 11.6 Å². The SMILES string of the molecule is O=C(CNC(=O)c1ccco1)N/N=C\c1c(F)cccc1Cl. The smallest absolute Gasteiger partial charge is 0.287 e. The maximum absolute atomic E-state index is 13.4. The first-order chi connectivity index (χ1) is 10.6. The molecule has 2 aromatic rings. The molecule has 8 heteroatoms. The summed E-state index contributed by atoms with van der Waals surface area (Å²) in [7, 11) is 0. The number of amides is 2. The Balaban J connectivity index is 1.83. The van der Waals surface area contributed by atoms with Gasteiger partial charge in [-0.25, -0.2) is 9.82 Å². The van der Waals surface area contributed by atoms with Crippen molar-refractivity contribution in [1.82, 2.24) is 10.7 Å². The third-order valence-corrected chi connectivity index (χ3v) is 2.87. The van der Waals surface area contributed by atoms with Crippen molar-refractivity contribution in [2.45, 2.75) is 0 Å². The summed E-state index contributed by atoms with van der Waals surface area (Å²) in [6.45, 7) is -0.304. The second kappa shape index (κ2) is 7.37. The quantitative estimate of drug-likeness (QED) is 0.651. The van der Waals surface area contributed by atoms with E-state index in [2.05, 4.69) is 15.8 Å². The molecule has 0 saturated carbocycles. The molecule has 1 heterocycles. The first kappa shape index (κ1) is 15.7. The monoisotopic (exact) mass is 323 g/mol. The van der Waals surface area contributed by atoms with Gasteiger partial charge in [0, 0.05) is 5.56 Å². The molecule has 0 aliphatic carbocycles. The summed E-state index contributed by atoms with van der Waals surface area (Å²) < 4.78 is 18.3. The van der Waals surface area contributed by atoms with E-state index in [0.29, 0.717) is 0 Å². The summed E-state index contributed by atoms with van der Waals surface area (Å²) in [6, 6.07) is 7.19. The van der Waals surface area contributed by atoms with Gasteiger partial charge in [-0.05, 0) is 24.3 Å². The largest absolute Gasteiger partial charge is 0.459 e. The predicted octanol–water partition coefficient (Wildman–Crippen LogP) is 1.95. The van der Waals surface area contributed by atoms with Crippen LogP contribution in [0, 0.1) is 5.82 Å². The van der Waals surface area contributed by atoms with Crippen LogP contribution < -0.4 is 10.7 Å². The molecular formula is C14H11ClFN3O3. The number of halogens is 2. The van der Waals surface area contributed by atoms with Gasteiger partial charge in [0.2, 0.25) is 0 Å². The van der Waals surface area contributed by atoms with Crippen LogP contribution in [0.4, 0.5) is 4.39 Å². The van der Waals surface area contributed by atoms with Crippen molar-refractivity contribution in [1.29, 1.82) is 0 Å². The minimum atomic E-state index is -0.580. The van der Waals surface area contributed by atoms with E-state index in [-0.39, 0.29) is 22.9 Å². The molecule has 2 rings (SSSR count). The van der Waals surface area contributed by atoms with Crippen LogP contribution in [-0.4, -0.2) is 24.6 Å². The van der Waals surface area contributed by atoms with E-state index in [1.54, 1.807) is 6.07 Å². The molecule has 0 unspecified atom stereocenters. The molecule has 0 fully saturated rings. The lowest BCUT2D eigenvalue weighted by atomic mass is 10.2. The second-order valence-electron chi connectivity index (χ2n) is 4.09. The zero-order valence-electron chi connectivity index (χ0n) is 11.2. The topological polar surface area (TPSA) is 83.7 Å². The average Bonchev–Trinajstić information content (AvgIpc) is 3.02. The van der Waals surface area contributed by atoms with Crippen molar-refractivity contribution in [3.8, 4) is 0 Å². The molecule has 0 aliphatic heterocycles. The van der Waals surface area contributed by atoms with Gasteiger partial charge in [0.25, 0.3) is 11.8 Å². The molecule has 2 amide bonds. The fraction of sp³-hybridized carbons (Fsp3) is 0.0714. The number of furan rings is 1. The van der Waals surface area contributed by atoms with Crippen molar-refractivity contribution in [3.05, 3.63) is 58.8 Å². The van der Waals surface area contributed by atoms with Gasteiger partial charge in [0.15, 0.2) is 5.76 Å². The highest BCUT2D eigenvalue weighted by atomic mass is 35.5. The Labute approximate surface area is 129 Å². The summed E-state index contributed by atoms with van der Waals surface area (Å²) in [5.41, 5.74) is 2.21. The second-order valence-corrected chi connectivity index (χ2v) is 4.50. The van der Waals surface area contributed by atoms with Crippen molar-refractivity contribution in [3.63, 3.8) is 0 Å². The highest BCUT2D eigenvalue weighted by molar-refractivity contribution is 6.33. The van der Waals surface area contributed by atoms with Crippen LogP contribution in [-0.2, 0) is 4.79 Å². The highest BCUT2D eigenvalue weighted by Gasteiger charge is 2.09. The first-order valence-corrected chi connectivity index (χ1v) is 6.53. The van der Waals surface area contributed by atoms with Gasteiger partial charge in [-0.15, -0.1) is 0 Å². The molecule has 6 nitrogen and oxygen atoms in total. The van der Waals surface area contributed by atoms with Crippen LogP contribution in [0.2, 0.25) is 5.02 Å². The van der Waals surface area contributed by atoms with E-state index in [1.165, 1.54) is 30.5 Å². The Kier molecular flexibility index (Phi) is 5.26. The predicted molar refractivity (Wildman–Crippen MR) is 78.2 cm³/mol. The van der Waals surface area contributed by atoms with Gasteiger partial charge in [0.05, 0.1) is 24.0 Å². The van der Waals surface area contributed by atoms with E-state index >= 15 is 0 Å². The van der Waals surface area contributed by atoms with Crippen LogP contribution in [0.1, 0.15) is 16.1 Å². The van der Waals surface area contributed by atoms with E-state index < -0.39 is 17.6 Å². The van der Waals surface area contributed by atoms with E-state index in [0.717, 1.165) is 6.21 Å². The number of rotatable bonds is 5. The number of carbonyl (C=O) groups excluding carboxylic acids is 2. The van der Waals surface area contributed by atoms with Crippen LogP contribution in [0.3, 0.4) is 0 Å². The number of hydrazone groups is 1. The molecule has 0 saturated heterocycles. The number of nitrogens with zero attached hydrogens (tertiary/aromatic N) is 1. The minimum Gasteiger partial charge on any atom is -0.459 e. The van der Waals surface area contributed by atoms with Crippen molar-refractivity contribution >= 4 is 29.6 Å². The molecular weight excluding hydrogens is 313 g/mol. The molecule has 2 N–H and O–H groups in total. The molecule has 0 radical (unpaired) electrons. The first-order valence-electron chi connectivity index (χ1n) is 6.15. The molecule has 0 aliphatic rings. The minimum absolute atomic E-state index is 0.0593. The maximum Gasteiger partial charge on any atom is 0.287 e. The highest BCUT2D eigenvalue weighted by Crippen LogP contribution is 2.16. The fourth-order valence-corrected chi connectivity index (χ4v) is 1.71. The Bertz CT molecular complexity index is 681. The van der Waals surface area contributed by atoms with Crippen LogP contribution in [0.5, 0.6) is 0 Å². The third-order valence-electron chi connectivity index (χ3n) is 2.54. The third kappa shape index (κ3) is 4.16. The van der Waals surface area contributed by atoms with Gasteiger partial charge in [-0.2, -0.15) is 5.10 Å². The van der Waals surface area contributed by atoms with E-state index in [9.17, 15) is 14.0 Å². The van der Waals surface area contributed by atoms with Crippen molar-refractivity contribution in [2.24, 2.45) is 5.10 Å². The van der Waals surface area contributed by atoms with Crippen LogP contribution in [0.15, 0.2) is 46.1 Å². The molecule has 1 aromatic carbocycles. The number of benzene rings is 1. The number of nitrogens with one attached hydrogen (secondary N) is 2. The lowest BCUT2D eigenvalue weighted by Gasteiger charge is -2.02. The lowest BCUT2D eigenvalue weighted by molar-refractivity contribution is -0.120. The number of hydrogen-bond donors (Lipinski definition) is 2. The lowest BCUT2D eigenvalue weighted by Crippen LogP contribution is -2.34. The van der Waals surface area contributed by atoms with Gasteiger partial charge in [0.1, 0.15) is 5.82 Å². The van der Waals surface area contributed by atoms with Crippen molar-refractivity contribution in [2.75, 3.05) is 6.54 Å². The van der Waals surface area contributed by atoms with E-state index in [4.69, 9.17) is 16.0 Å². The Morgan fingerprint density at radius 3 is 2.82 bits per heavy atom. The zero-order chi connectivity index (χ0) is 15.9. The summed E-state index contributed by atoms with van der Waals surface area (Å²) in [4.78, 5) is 23.0. The average molecular weight is 324 g/mol. The van der Waals surface area contributed by atoms with Gasteiger partial charge < -0.3 is 9.73 Å². The maximum atomic E-state index is 13.4. The van der Waals surface area contributed by atoms with Gasteiger partial charge >= 0.3 is 0 Å². The summed E-state index contributed by atoms with van der Waals surface area (Å²) >= 11 is 5.79. The Morgan fingerprint density at radius 1 is 1.32 bits per heavy atom. The van der Waals surface area contributed by atoms with Crippen molar-refractivity contribution < 1.29 is 18.4 Å². The zero-order valence-corrected chi connectivity index (χ0v) is 11.9. The summed E-state index contributed by atoms with van der Waals surface area (Å²) in [5.74, 6) is -1.57. The molecule has 0 atom stereocenters. The van der Waals surface area contributed by atoms with E-state index in [1.807, 2.05) is 0 Å². The molecule has 0 bridgehead atoms. The fourth-order valence-electron chi connectivity index (χ4n) is 1.50. The molecule has 22 heavy (non-hydrogen) atoms. The number of hydrogen-bond acceptors (Lipinski definition) is 4. The normalized spacial score (nSPS) is 10.6. The summed E-state index contributed by atoms with van der Waals surface area (Å²) in [6.07, 6.45) is 2.43. The Morgan fingerprint density at radius 2 is 2.14 bits per heavy atom.